The van der Waals surface area contributed by atoms with Crippen LogP contribution >= 0.6 is 11.8 Å². The van der Waals surface area contributed by atoms with E-state index in [-0.39, 0.29) is 11.4 Å². The molecule has 1 aliphatic rings. The van der Waals surface area contributed by atoms with Gasteiger partial charge >= 0.3 is 0 Å². The lowest BCUT2D eigenvalue weighted by Crippen LogP contribution is -2.07. The molecule has 0 saturated carbocycles. The number of nitrogen functional groups attached to an aromatic ring is 1. The van der Waals surface area contributed by atoms with Crippen molar-refractivity contribution in [2.45, 2.75) is 32.2 Å². The van der Waals surface area contributed by atoms with Crippen molar-refractivity contribution < 1.29 is 4.74 Å². The van der Waals surface area contributed by atoms with Crippen molar-refractivity contribution in [1.82, 2.24) is 4.98 Å². The molecule has 0 spiro atoms. The van der Waals surface area contributed by atoms with E-state index in [0.29, 0.717) is 27.7 Å². The van der Waals surface area contributed by atoms with E-state index < -0.39 is 0 Å². The highest BCUT2D eigenvalue weighted by atomic mass is 32.2. The zero-order valence-corrected chi connectivity index (χ0v) is 18.1. The topological polar surface area (TPSA) is 95.7 Å². The molecule has 1 aromatic heterocycles. The number of hydrogen-bond donors (Lipinski definition) is 1. The van der Waals surface area contributed by atoms with Crippen molar-refractivity contribution in [1.29, 1.82) is 10.5 Å². The van der Waals surface area contributed by atoms with Gasteiger partial charge in [0.05, 0.1) is 5.56 Å². The zero-order chi connectivity index (χ0) is 21.8. The van der Waals surface area contributed by atoms with E-state index in [1.165, 1.54) is 11.8 Å². The van der Waals surface area contributed by atoms with Crippen LogP contribution in [-0.4, -0.2) is 10.7 Å². The molecular formula is C24H22N4OS. The summed E-state index contributed by atoms with van der Waals surface area (Å²) in [6.45, 7) is 9.78. The lowest BCUT2D eigenvalue weighted by molar-refractivity contribution is 0.314. The van der Waals surface area contributed by atoms with Gasteiger partial charge in [0, 0.05) is 16.9 Å². The fourth-order valence-electron chi connectivity index (χ4n) is 3.49. The molecule has 2 heterocycles. The predicted octanol–water partition coefficient (Wildman–Crippen LogP) is 5.49. The second-order valence-electron chi connectivity index (χ2n) is 6.88. The lowest BCUT2D eigenvalue weighted by atomic mass is 9.92. The summed E-state index contributed by atoms with van der Waals surface area (Å²) in [5, 5.41) is 20.2. The quantitative estimate of drug-likeness (QED) is 0.650. The van der Waals surface area contributed by atoms with Gasteiger partial charge in [0.1, 0.15) is 40.1 Å². The van der Waals surface area contributed by atoms with Gasteiger partial charge in [0.15, 0.2) is 0 Å². The third-order valence-corrected chi connectivity index (χ3v) is 6.00. The summed E-state index contributed by atoms with van der Waals surface area (Å²) in [5.41, 5.74) is 11.3. The van der Waals surface area contributed by atoms with Crippen LogP contribution in [0, 0.1) is 22.7 Å². The summed E-state index contributed by atoms with van der Waals surface area (Å²) in [7, 11) is 0. The van der Waals surface area contributed by atoms with Gasteiger partial charge in [0.2, 0.25) is 0 Å². The summed E-state index contributed by atoms with van der Waals surface area (Å²) in [5.74, 6) is 2.08. The number of benzene rings is 1. The summed E-state index contributed by atoms with van der Waals surface area (Å²) < 4.78 is 5.64. The van der Waals surface area contributed by atoms with E-state index in [4.69, 9.17) is 10.5 Å². The molecule has 0 saturated heterocycles. The number of allylic oxidation sites excluding steroid dienone is 3. The van der Waals surface area contributed by atoms with E-state index in [9.17, 15) is 10.5 Å². The second-order valence-corrected chi connectivity index (χ2v) is 7.84. The molecule has 150 valence electrons. The van der Waals surface area contributed by atoms with Gasteiger partial charge in [-0.05, 0) is 43.0 Å². The minimum Gasteiger partial charge on any atom is -0.462 e. The molecule has 30 heavy (non-hydrogen) atoms. The first kappa shape index (κ1) is 21.2. The monoisotopic (exact) mass is 414 g/mol. The molecule has 0 bridgehead atoms. The summed E-state index contributed by atoms with van der Waals surface area (Å²) in [6, 6.07) is 12.2. The third-order valence-electron chi connectivity index (χ3n) is 5.00. The Morgan fingerprint density at radius 3 is 2.50 bits per heavy atom. The van der Waals surface area contributed by atoms with Crippen LogP contribution in [0.15, 0.2) is 64.6 Å². The molecular weight excluding hydrogens is 392 g/mol. The lowest BCUT2D eigenvalue weighted by Gasteiger charge is -2.20. The molecule has 3 rings (SSSR count). The van der Waals surface area contributed by atoms with Crippen molar-refractivity contribution >= 4 is 17.6 Å². The largest absolute Gasteiger partial charge is 0.462 e. The Bertz CT molecular complexity index is 1180. The molecule has 0 radical (unpaired) electrons. The Labute approximate surface area is 181 Å². The van der Waals surface area contributed by atoms with Crippen molar-refractivity contribution in [3.63, 3.8) is 0 Å². The smallest absolute Gasteiger partial charge is 0.143 e. The van der Waals surface area contributed by atoms with E-state index in [1.807, 2.05) is 51.1 Å². The molecule has 2 N–H and O–H groups in total. The van der Waals surface area contributed by atoms with Crippen LogP contribution in [0.4, 0.5) is 5.82 Å². The van der Waals surface area contributed by atoms with Crippen LogP contribution in [0.5, 0.6) is 0 Å². The highest BCUT2D eigenvalue weighted by molar-refractivity contribution is 7.99. The number of aromatic nitrogens is 1. The van der Waals surface area contributed by atoms with Gasteiger partial charge in [-0.15, -0.1) is 11.8 Å². The first-order chi connectivity index (χ1) is 14.4. The van der Waals surface area contributed by atoms with Gasteiger partial charge in [0.25, 0.3) is 0 Å². The molecule has 0 fully saturated rings. The average Bonchev–Trinajstić information content (AvgIpc) is 2.72. The highest BCUT2D eigenvalue weighted by Crippen LogP contribution is 2.38. The molecule has 0 amide bonds. The average molecular weight is 415 g/mol. The zero-order valence-electron chi connectivity index (χ0n) is 17.2. The predicted molar refractivity (Wildman–Crippen MR) is 120 cm³/mol. The number of nitrogens with two attached hydrogens (primary N) is 1. The van der Waals surface area contributed by atoms with Gasteiger partial charge in [-0.25, -0.2) is 4.98 Å². The van der Waals surface area contributed by atoms with E-state index in [2.05, 4.69) is 23.7 Å². The summed E-state index contributed by atoms with van der Waals surface area (Å²) in [4.78, 5) is 4.40. The van der Waals surface area contributed by atoms with Gasteiger partial charge in [-0.1, -0.05) is 37.8 Å². The van der Waals surface area contributed by atoms with Crippen LogP contribution in [0.3, 0.4) is 0 Å². The number of thioether (sulfide) groups is 1. The molecule has 6 heteroatoms. The Morgan fingerprint density at radius 2 is 1.87 bits per heavy atom. The highest BCUT2D eigenvalue weighted by Gasteiger charge is 2.23. The van der Waals surface area contributed by atoms with Crippen LogP contribution < -0.4 is 5.73 Å². The SMILES string of the molecule is C=C1C=C(C)C(CSc2nc(N)c(C#N)c(-c3ccccc3CC)c2C#N)=C(C)O1. The van der Waals surface area contributed by atoms with E-state index >= 15 is 0 Å². The molecule has 2 aromatic rings. The number of hydrogen-bond acceptors (Lipinski definition) is 6. The fraction of sp³-hybridized carbons (Fsp3) is 0.208. The van der Waals surface area contributed by atoms with Gasteiger partial charge in [-0.3, -0.25) is 0 Å². The number of anilines is 1. The maximum absolute atomic E-state index is 10.00. The number of ether oxygens (including phenoxy) is 1. The standard InChI is InChI=1S/C24H22N4OS/c1-5-17-8-6-7-9-18(17)22-19(11-25)23(27)28-24(20(22)12-26)30-13-21-14(2)10-15(3)29-16(21)4/h6-10H,3,5,13H2,1-2,4H3,(H2,27,28). The Morgan fingerprint density at radius 1 is 1.17 bits per heavy atom. The number of aryl methyl sites for hydroxylation is 1. The molecule has 5 nitrogen and oxygen atoms in total. The Hall–Kier alpha value is -3.48. The van der Waals surface area contributed by atoms with Crippen LogP contribution in [0.1, 0.15) is 37.5 Å². The minimum atomic E-state index is 0.131. The normalized spacial score (nSPS) is 13.4. The fourth-order valence-corrected chi connectivity index (χ4v) is 4.66. The van der Waals surface area contributed by atoms with Crippen molar-refractivity contribution in [2.24, 2.45) is 0 Å². The van der Waals surface area contributed by atoms with Crippen molar-refractivity contribution in [3.05, 3.63) is 76.3 Å². The number of pyridine rings is 1. The van der Waals surface area contributed by atoms with Gasteiger partial charge in [-0.2, -0.15) is 10.5 Å². The number of nitriles is 2. The molecule has 1 aromatic carbocycles. The van der Waals surface area contributed by atoms with Gasteiger partial charge < -0.3 is 10.5 Å². The number of rotatable bonds is 5. The third kappa shape index (κ3) is 3.96. The van der Waals surface area contributed by atoms with E-state index in [1.54, 1.807) is 0 Å². The Kier molecular flexibility index (Phi) is 6.30. The maximum Gasteiger partial charge on any atom is 0.143 e. The summed E-state index contributed by atoms with van der Waals surface area (Å²) in [6.07, 6.45) is 2.66. The maximum atomic E-state index is 10.00. The van der Waals surface area contributed by atoms with Crippen molar-refractivity contribution in [2.75, 3.05) is 11.5 Å². The van der Waals surface area contributed by atoms with Crippen LogP contribution in [-0.2, 0) is 11.2 Å². The number of nitrogens with zero attached hydrogens (tertiary/aromatic N) is 3. The van der Waals surface area contributed by atoms with E-state index in [0.717, 1.165) is 34.5 Å². The van der Waals surface area contributed by atoms with Crippen LogP contribution in [0.2, 0.25) is 0 Å². The second kappa shape index (κ2) is 8.90. The molecule has 0 atom stereocenters. The first-order valence-corrected chi connectivity index (χ1v) is 10.5. The first-order valence-electron chi connectivity index (χ1n) is 9.51. The van der Waals surface area contributed by atoms with Crippen LogP contribution in [0.25, 0.3) is 11.1 Å². The summed E-state index contributed by atoms with van der Waals surface area (Å²) >= 11 is 1.41. The molecule has 1 aliphatic heterocycles. The minimum absolute atomic E-state index is 0.131. The van der Waals surface area contributed by atoms with Crippen molar-refractivity contribution in [3.8, 4) is 23.3 Å². The Balaban J connectivity index is 2.12. The molecule has 0 aliphatic carbocycles. The molecule has 0 unspecified atom stereocenters.